The van der Waals surface area contributed by atoms with Gasteiger partial charge in [0.1, 0.15) is 11.3 Å². The maximum atomic E-state index is 13.7. The molecule has 2 aromatic carbocycles. The molecule has 1 amide bonds. The first kappa shape index (κ1) is 23.9. The standard InChI is InChI=1S/C28H26N2O5S/c1-4-5-8-15-34-19-13-11-18(12-14-19)23-22-24(32)20-9-6-7-10-21(20)35-25(22)27(33)30(23)28-29-16(2)26(36-28)17(3)31/h6-7,9-14,23H,4-5,8,15H2,1-3H3. The zero-order valence-corrected chi connectivity index (χ0v) is 21.2. The van der Waals surface area contributed by atoms with E-state index in [9.17, 15) is 14.4 Å². The van der Waals surface area contributed by atoms with Gasteiger partial charge in [-0.25, -0.2) is 4.98 Å². The predicted octanol–water partition coefficient (Wildman–Crippen LogP) is 6.08. The van der Waals surface area contributed by atoms with E-state index in [4.69, 9.17) is 9.15 Å². The molecular weight excluding hydrogens is 476 g/mol. The first-order valence-corrected chi connectivity index (χ1v) is 12.8. The molecule has 0 radical (unpaired) electrons. The van der Waals surface area contributed by atoms with Crippen molar-refractivity contribution in [3.63, 3.8) is 0 Å². The van der Waals surface area contributed by atoms with Gasteiger partial charge >= 0.3 is 0 Å². The number of nitrogens with zero attached hydrogens (tertiary/aromatic N) is 2. The Balaban J connectivity index is 1.63. The van der Waals surface area contributed by atoms with Gasteiger partial charge in [-0.1, -0.05) is 55.4 Å². The van der Waals surface area contributed by atoms with Crippen LogP contribution in [0.4, 0.5) is 5.13 Å². The molecule has 1 unspecified atom stereocenters. The Hall–Kier alpha value is -3.78. The van der Waals surface area contributed by atoms with Crippen LogP contribution in [-0.4, -0.2) is 23.3 Å². The first-order chi connectivity index (χ1) is 17.4. The van der Waals surface area contributed by atoms with E-state index >= 15 is 0 Å². The number of thiazole rings is 1. The fraction of sp³-hybridized carbons (Fsp3) is 0.286. The molecule has 8 heteroatoms. The average Bonchev–Trinajstić information content (AvgIpc) is 3.40. The van der Waals surface area contributed by atoms with Crippen LogP contribution in [0.5, 0.6) is 5.75 Å². The Labute approximate surface area is 212 Å². The lowest BCUT2D eigenvalue weighted by Gasteiger charge is -2.22. The molecule has 7 nitrogen and oxygen atoms in total. The Morgan fingerprint density at radius 1 is 1.11 bits per heavy atom. The van der Waals surface area contributed by atoms with Crippen molar-refractivity contribution in [1.29, 1.82) is 0 Å². The van der Waals surface area contributed by atoms with E-state index in [1.54, 1.807) is 31.2 Å². The highest BCUT2D eigenvalue weighted by Gasteiger charge is 2.45. The second-order valence-electron chi connectivity index (χ2n) is 8.84. The Morgan fingerprint density at radius 3 is 2.56 bits per heavy atom. The van der Waals surface area contributed by atoms with Gasteiger partial charge in [0.2, 0.25) is 5.76 Å². The summed E-state index contributed by atoms with van der Waals surface area (Å²) in [4.78, 5) is 45.9. The largest absolute Gasteiger partial charge is 0.494 e. The quantitative estimate of drug-likeness (QED) is 0.214. The van der Waals surface area contributed by atoms with Gasteiger partial charge in [0.25, 0.3) is 5.91 Å². The smallest absolute Gasteiger partial charge is 0.297 e. The van der Waals surface area contributed by atoms with Crippen molar-refractivity contribution < 1.29 is 18.7 Å². The molecule has 0 N–H and O–H groups in total. The van der Waals surface area contributed by atoms with E-state index in [1.165, 1.54) is 11.8 Å². The number of hydrogen-bond acceptors (Lipinski definition) is 7. The van der Waals surface area contributed by atoms with E-state index in [-0.39, 0.29) is 22.5 Å². The van der Waals surface area contributed by atoms with E-state index in [1.807, 2.05) is 24.3 Å². The van der Waals surface area contributed by atoms with Gasteiger partial charge in [0.05, 0.1) is 34.2 Å². The summed E-state index contributed by atoms with van der Waals surface area (Å²) in [6, 6.07) is 13.6. The maximum absolute atomic E-state index is 13.7. The number of carbonyl (C=O) groups excluding carboxylic acids is 2. The number of unbranched alkanes of at least 4 members (excludes halogenated alkanes) is 2. The van der Waals surface area contributed by atoms with Gasteiger partial charge < -0.3 is 9.15 Å². The number of aryl methyl sites for hydroxylation is 1. The maximum Gasteiger partial charge on any atom is 0.297 e. The topological polar surface area (TPSA) is 89.7 Å². The molecule has 0 aliphatic carbocycles. The average molecular weight is 503 g/mol. The number of Topliss-reactive ketones (excluding diaryl/α,β-unsaturated/α-hetero) is 1. The van der Waals surface area contributed by atoms with Crippen molar-refractivity contribution in [2.45, 2.75) is 46.1 Å². The zero-order valence-electron chi connectivity index (χ0n) is 20.4. The van der Waals surface area contributed by atoms with Gasteiger partial charge in [-0.2, -0.15) is 0 Å². The number of hydrogen-bond donors (Lipinski definition) is 0. The number of ether oxygens (including phenoxy) is 1. The summed E-state index contributed by atoms with van der Waals surface area (Å²) in [5.41, 5.74) is 1.64. The minimum Gasteiger partial charge on any atom is -0.494 e. The van der Waals surface area contributed by atoms with E-state index < -0.39 is 11.9 Å². The van der Waals surface area contributed by atoms with Gasteiger partial charge in [0, 0.05) is 6.92 Å². The van der Waals surface area contributed by atoms with Crippen LogP contribution in [0.25, 0.3) is 11.0 Å². The first-order valence-electron chi connectivity index (χ1n) is 12.0. The summed E-state index contributed by atoms with van der Waals surface area (Å²) in [6.07, 6.45) is 3.20. The predicted molar refractivity (Wildman–Crippen MR) is 139 cm³/mol. The third-order valence-electron chi connectivity index (χ3n) is 6.30. The zero-order chi connectivity index (χ0) is 25.4. The Kier molecular flexibility index (Phi) is 6.45. The van der Waals surface area contributed by atoms with Crippen LogP contribution in [-0.2, 0) is 0 Å². The van der Waals surface area contributed by atoms with Crippen molar-refractivity contribution in [2.75, 3.05) is 11.5 Å². The summed E-state index contributed by atoms with van der Waals surface area (Å²) < 4.78 is 11.8. The Morgan fingerprint density at radius 2 is 1.86 bits per heavy atom. The summed E-state index contributed by atoms with van der Waals surface area (Å²) in [5, 5.41) is 0.758. The van der Waals surface area contributed by atoms with Crippen molar-refractivity contribution in [2.24, 2.45) is 0 Å². The van der Waals surface area contributed by atoms with Crippen LogP contribution in [0.3, 0.4) is 0 Å². The van der Waals surface area contributed by atoms with Crippen LogP contribution in [0.1, 0.15) is 76.2 Å². The minimum absolute atomic E-state index is 0.000759. The van der Waals surface area contributed by atoms with Gasteiger partial charge in [-0.15, -0.1) is 0 Å². The summed E-state index contributed by atoms with van der Waals surface area (Å²) in [5.74, 6) is 0.143. The molecule has 184 valence electrons. The lowest BCUT2D eigenvalue weighted by Crippen LogP contribution is -2.29. The number of anilines is 1. The summed E-state index contributed by atoms with van der Waals surface area (Å²) >= 11 is 1.14. The van der Waals surface area contributed by atoms with E-state index in [0.717, 1.165) is 41.9 Å². The summed E-state index contributed by atoms with van der Waals surface area (Å²) in [6.45, 7) is 5.98. The number of para-hydroxylation sites is 1. The van der Waals surface area contributed by atoms with Gasteiger partial charge in [0.15, 0.2) is 16.3 Å². The number of amides is 1. The third-order valence-corrected chi connectivity index (χ3v) is 7.56. The van der Waals surface area contributed by atoms with Crippen molar-refractivity contribution in [3.05, 3.63) is 86.2 Å². The molecule has 1 atom stereocenters. The SMILES string of the molecule is CCCCCOc1ccc(C2c3c(oc4ccccc4c3=O)C(=O)N2c2nc(C)c(C(C)=O)s2)cc1. The third kappa shape index (κ3) is 4.11. The summed E-state index contributed by atoms with van der Waals surface area (Å²) in [7, 11) is 0. The van der Waals surface area contributed by atoms with Crippen molar-refractivity contribution in [3.8, 4) is 5.75 Å². The monoisotopic (exact) mass is 502 g/mol. The molecule has 1 aliphatic heterocycles. The number of ketones is 1. The number of carbonyl (C=O) groups is 2. The minimum atomic E-state index is -0.743. The molecule has 2 aromatic heterocycles. The lowest BCUT2D eigenvalue weighted by atomic mass is 9.98. The van der Waals surface area contributed by atoms with Gasteiger partial charge in [-0.05, 0) is 43.2 Å². The molecule has 0 saturated carbocycles. The molecule has 0 bridgehead atoms. The number of fused-ring (bicyclic) bond motifs is 2. The molecule has 0 saturated heterocycles. The van der Waals surface area contributed by atoms with Crippen molar-refractivity contribution in [1.82, 2.24) is 4.98 Å². The van der Waals surface area contributed by atoms with Crippen molar-refractivity contribution >= 4 is 39.1 Å². The molecule has 4 aromatic rings. The lowest BCUT2D eigenvalue weighted by molar-refractivity contribution is 0.0969. The highest BCUT2D eigenvalue weighted by Crippen LogP contribution is 2.43. The second kappa shape index (κ2) is 9.70. The number of benzene rings is 2. The molecule has 5 rings (SSSR count). The van der Waals surface area contributed by atoms with Gasteiger partial charge in [-0.3, -0.25) is 19.3 Å². The molecule has 36 heavy (non-hydrogen) atoms. The second-order valence-corrected chi connectivity index (χ2v) is 9.82. The highest BCUT2D eigenvalue weighted by molar-refractivity contribution is 7.17. The fourth-order valence-electron chi connectivity index (χ4n) is 4.53. The Bertz CT molecular complexity index is 1520. The van der Waals surface area contributed by atoms with Crippen LogP contribution < -0.4 is 15.1 Å². The molecule has 3 heterocycles. The van der Waals surface area contributed by atoms with Crippen LogP contribution >= 0.6 is 11.3 Å². The van der Waals surface area contributed by atoms with Crippen LogP contribution in [0.15, 0.2) is 57.7 Å². The normalized spacial score (nSPS) is 14.9. The van der Waals surface area contributed by atoms with E-state index in [2.05, 4.69) is 11.9 Å². The fourth-order valence-corrected chi connectivity index (χ4v) is 5.52. The van der Waals surface area contributed by atoms with Crippen LogP contribution in [0, 0.1) is 6.92 Å². The molecule has 0 spiro atoms. The molecule has 0 fully saturated rings. The number of aromatic nitrogens is 1. The van der Waals surface area contributed by atoms with E-state index in [0.29, 0.717) is 33.3 Å². The molecule has 1 aliphatic rings. The molecular formula is C28H26N2O5S. The highest BCUT2D eigenvalue weighted by atomic mass is 32.1. The number of rotatable bonds is 8. The van der Waals surface area contributed by atoms with Crippen LogP contribution in [0.2, 0.25) is 0 Å².